The number of anilines is 1. The Morgan fingerprint density at radius 2 is 1.60 bits per heavy atom. The molecule has 0 fully saturated rings. The van der Waals surface area contributed by atoms with Crippen molar-refractivity contribution in [3.8, 4) is 0 Å². The molecule has 3 aromatic carbocycles. The van der Waals surface area contributed by atoms with Crippen LogP contribution in [0.3, 0.4) is 0 Å². The maximum Gasteiger partial charge on any atom is 0.416 e. The lowest BCUT2D eigenvalue weighted by atomic mass is 9.66. The molecule has 0 saturated heterocycles. The molecule has 43 heavy (non-hydrogen) atoms. The quantitative estimate of drug-likeness (QED) is 0.234. The fourth-order valence-electron chi connectivity index (χ4n) is 5.98. The van der Waals surface area contributed by atoms with E-state index in [9.17, 15) is 31.9 Å². The van der Waals surface area contributed by atoms with Gasteiger partial charge in [0.2, 0.25) is 0 Å². The van der Waals surface area contributed by atoms with Crippen molar-refractivity contribution in [2.75, 3.05) is 19.1 Å². The number of Topliss-reactive ketones (excluding diaryl/α,β-unsaturated/α-hetero) is 1. The number of benzene rings is 3. The van der Waals surface area contributed by atoms with E-state index in [0.717, 1.165) is 32.4 Å². The zero-order valence-corrected chi connectivity index (χ0v) is 23.0. The number of nitrogens with zero attached hydrogens (tertiary/aromatic N) is 1. The minimum absolute atomic E-state index is 0.0821. The van der Waals surface area contributed by atoms with Crippen LogP contribution in [0, 0.1) is 11.7 Å². The van der Waals surface area contributed by atoms with Crippen LogP contribution in [-0.4, -0.2) is 31.9 Å². The van der Waals surface area contributed by atoms with Gasteiger partial charge in [0.05, 0.1) is 37.0 Å². The van der Waals surface area contributed by atoms with Crippen LogP contribution in [0.1, 0.15) is 34.9 Å². The molecule has 0 unspecified atom stereocenters. The summed E-state index contributed by atoms with van der Waals surface area (Å²) in [5.41, 5.74) is 5.16. The third-order valence-corrected chi connectivity index (χ3v) is 7.77. The normalized spacial score (nSPS) is 20.6. The summed E-state index contributed by atoms with van der Waals surface area (Å²) in [5, 5.41) is 0. The second-order valence-corrected chi connectivity index (χ2v) is 10.1. The van der Waals surface area contributed by atoms with Crippen LogP contribution in [0.4, 0.5) is 23.2 Å². The van der Waals surface area contributed by atoms with Crippen LogP contribution < -0.4 is 10.6 Å². The van der Waals surface area contributed by atoms with Crippen molar-refractivity contribution in [3.63, 3.8) is 0 Å². The monoisotopic (exact) mass is 594 g/mol. The zero-order chi connectivity index (χ0) is 31.1. The van der Waals surface area contributed by atoms with E-state index in [1.165, 1.54) is 35.2 Å². The summed E-state index contributed by atoms with van der Waals surface area (Å²) < 4.78 is 67.6. The van der Waals surface area contributed by atoms with Gasteiger partial charge in [-0.25, -0.2) is 9.18 Å². The number of rotatable bonds is 5. The van der Waals surface area contributed by atoms with E-state index in [-0.39, 0.29) is 29.2 Å². The average Bonchev–Trinajstić information content (AvgIpc) is 2.99. The summed E-state index contributed by atoms with van der Waals surface area (Å²) in [5.74, 6) is -7.78. The molecule has 3 atom stereocenters. The standard InChI is InChI=1S/C32H26F4N2O5/c1-42-30(40)25-21(17-9-4-3-5-10-17)16-23-26(28(25)39)24(20-13-6-7-14-22(20)32(34,35)36)27(31(41)43-2)29(37)38(23)19-12-8-11-18(33)15-19/h3-15,21,24-25H,16,37H2,1-2H3/t21-,24-,25+/m0/s1. The number of esters is 2. The second kappa shape index (κ2) is 11.4. The van der Waals surface area contributed by atoms with Gasteiger partial charge in [-0.2, -0.15) is 13.2 Å². The SMILES string of the molecule is COC(=O)C1=C(N)N(c2cccc(F)c2)C2=C(C(=O)[C@H](C(=O)OC)[C@H](c3ccccc3)C2)[C@@H]1c1ccccc1C(F)(F)F. The Morgan fingerprint density at radius 1 is 0.930 bits per heavy atom. The molecule has 11 heteroatoms. The molecule has 0 amide bonds. The predicted molar refractivity (Wildman–Crippen MR) is 148 cm³/mol. The van der Waals surface area contributed by atoms with Crippen molar-refractivity contribution >= 4 is 23.4 Å². The molecule has 1 heterocycles. The van der Waals surface area contributed by atoms with Crippen molar-refractivity contribution in [2.45, 2.75) is 24.4 Å². The molecule has 3 aromatic rings. The molecule has 222 valence electrons. The van der Waals surface area contributed by atoms with Crippen LogP contribution >= 0.6 is 0 Å². The van der Waals surface area contributed by atoms with E-state index in [0.29, 0.717) is 5.56 Å². The zero-order valence-electron chi connectivity index (χ0n) is 23.0. The summed E-state index contributed by atoms with van der Waals surface area (Å²) in [6.07, 6.45) is -4.96. The van der Waals surface area contributed by atoms with Gasteiger partial charge in [-0.15, -0.1) is 0 Å². The molecule has 0 spiro atoms. The van der Waals surface area contributed by atoms with Gasteiger partial charge >= 0.3 is 18.1 Å². The molecule has 0 bridgehead atoms. The number of methoxy groups -OCH3 is 2. The number of halogens is 4. The van der Waals surface area contributed by atoms with Gasteiger partial charge in [0.1, 0.15) is 17.6 Å². The van der Waals surface area contributed by atoms with Crippen molar-refractivity contribution in [1.29, 1.82) is 0 Å². The number of hydrogen-bond acceptors (Lipinski definition) is 7. The Kier molecular flexibility index (Phi) is 7.83. The van der Waals surface area contributed by atoms with E-state index >= 15 is 0 Å². The van der Waals surface area contributed by atoms with E-state index in [2.05, 4.69) is 0 Å². The highest BCUT2D eigenvalue weighted by Gasteiger charge is 2.52. The first-order valence-corrected chi connectivity index (χ1v) is 13.2. The molecule has 7 nitrogen and oxygen atoms in total. The van der Waals surface area contributed by atoms with E-state index in [4.69, 9.17) is 15.2 Å². The van der Waals surface area contributed by atoms with Gasteiger partial charge in [0, 0.05) is 17.2 Å². The minimum Gasteiger partial charge on any atom is -0.468 e. The third-order valence-electron chi connectivity index (χ3n) is 7.77. The number of carbonyl (C=O) groups excluding carboxylic acids is 3. The molecule has 2 N–H and O–H groups in total. The second-order valence-electron chi connectivity index (χ2n) is 10.1. The summed E-state index contributed by atoms with van der Waals surface area (Å²) in [6.45, 7) is 0. The van der Waals surface area contributed by atoms with Crippen LogP contribution in [0.5, 0.6) is 0 Å². The number of carbonyl (C=O) groups is 3. The number of alkyl halides is 3. The smallest absolute Gasteiger partial charge is 0.416 e. The first-order valence-electron chi connectivity index (χ1n) is 13.2. The highest BCUT2D eigenvalue weighted by molar-refractivity contribution is 6.14. The van der Waals surface area contributed by atoms with Gasteiger partial charge in [0.15, 0.2) is 5.78 Å². The van der Waals surface area contributed by atoms with Gasteiger partial charge in [-0.1, -0.05) is 54.6 Å². The van der Waals surface area contributed by atoms with Gasteiger partial charge < -0.3 is 15.2 Å². The Hall–Kier alpha value is -4.93. The lowest BCUT2D eigenvalue weighted by molar-refractivity contribution is -0.150. The van der Waals surface area contributed by atoms with Gasteiger partial charge in [-0.05, 0) is 41.8 Å². The largest absolute Gasteiger partial charge is 0.468 e. The van der Waals surface area contributed by atoms with E-state index < -0.39 is 64.2 Å². The van der Waals surface area contributed by atoms with Crippen molar-refractivity contribution in [3.05, 3.63) is 124 Å². The highest BCUT2D eigenvalue weighted by Crippen LogP contribution is 2.53. The molecule has 1 aliphatic heterocycles. The number of hydrogen-bond donors (Lipinski definition) is 1. The molecule has 2 aliphatic rings. The number of allylic oxidation sites excluding steroid dienone is 2. The van der Waals surface area contributed by atoms with Crippen LogP contribution in [-0.2, 0) is 30.0 Å². The maximum atomic E-state index is 14.5. The van der Waals surface area contributed by atoms with Crippen LogP contribution in [0.2, 0.25) is 0 Å². The van der Waals surface area contributed by atoms with Crippen molar-refractivity contribution < 1.29 is 41.4 Å². The molecular weight excluding hydrogens is 568 g/mol. The van der Waals surface area contributed by atoms with Crippen molar-refractivity contribution in [2.24, 2.45) is 11.7 Å². The summed E-state index contributed by atoms with van der Waals surface area (Å²) in [6, 6.07) is 18.3. The average molecular weight is 595 g/mol. The Labute approximate surface area is 244 Å². The Balaban J connectivity index is 1.88. The summed E-state index contributed by atoms with van der Waals surface area (Å²) >= 11 is 0. The number of ketones is 1. The maximum absolute atomic E-state index is 14.5. The lowest BCUT2D eigenvalue weighted by Crippen LogP contribution is -2.46. The van der Waals surface area contributed by atoms with Crippen LogP contribution in [0.15, 0.2) is 102 Å². The first-order chi connectivity index (χ1) is 20.5. The third kappa shape index (κ3) is 5.15. The fraction of sp³-hybridized carbons (Fsp3) is 0.219. The topological polar surface area (TPSA) is 98.9 Å². The molecule has 5 rings (SSSR count). The molecule has 0 aromatic heterocycles. The Morgan fingerprint density at radius 3 is 2.23 bits per heavy atom. The molecular formula is C32H26F4N2O5. The van der Waals surface area contributed by atoms with Crippen molar-refractivity contribution in [1.82, 2.24) is 0 Å². The summed E-state index contributed by atoms with van der Waals surface area (Å²) in [7, 11) is 2.13. The number of ether oxygens (including phenoxy) is 2. The lowest BCUT2D eigenvalue weighted by Gasteiger charge is -2.44. The Bertz CT molecular complexity index is 1670. The molecule has 0 radical (unpaired) electrons. The first kappa shape index (κ1) is 29.6. The van der Waals surface area contributed by atoms with E-state index in [1.807, 2.05) is 0 Å². The molecule has 0 saturated carbocycles. The fourth-order valence-corrected chi connectivity index (χ4v) is 5.98. The summed E-state index contributed by atoms with van der Waals surface area (Å²) in [4.78, 5) is 42.4. The number of nitrogens with two attached hydrogens (primary N) is 1. The van der Waals surface area contributed by atoms with Gasteiger partial charge in [-0.3, -0.25) is 14.5 Å². The van der Waals surface area contributed by atoms with Gasteiger partial charge in [0.25, 0.3) is 0 Å². The minimum atomic E-state index is -4.88. The predicted octanol–water partition coefficient (Wildman–Crippen LogP) is 5.59. The highest BCUT2D eigenvalue weighted by atomic mass is 19.4. The van der Waals surface area contributed by atoms with Crippen LogP contribution in [0.25, 0.3) is 0 Å². The molecule has 1 aliphatic carbocycles. The van der Waals surface area contributed by atoms with E-state index in [1.54, 1.807) is 30.3 Å².